The lowest BCUT2D eigenvalue weighted by Crippen LogP contribution is -2.17. The molecule has 3 rings (SSSR count). The summed E-state index contributed by atoms with van der Waals surface area (Å²) in [5, 5.41) is 15.3. The van der Waals surface area contributed by atoms with Crippen molar-refractivity contribution in [3.8, 4) is 11.5 Å². The van der Waals surface area contributed by atoms with Gasteiger partial charge in [-0.25, -0.2) is 5.43 Å². The molecule has 5 heteroatoms. The van der Waals surface area contributed by atoms with Gasteiger partial charge in [0.05, 0.1) is 13.3 Å². The molecule has 0 spiro atoms. The maximum Gasteiger partial charge on any atom is 0.271 e. The number of hydrazone groups is 1. The zero-order chi connectivity index (χ0) is 16.9. The number of rotatable bonds is 4. The largest absolute Gasteiger partial charge is 0.508 e. The molecule has 24 heavy (non-hydrogen) atoms. The van der Waals surface area contributed by atoms with Gasteiger partial charge in [0, 0.05) is 11.1 Å². The van der Waals surface area contributed by atoms with Gasteiger partial charge < -0.3 is 9.84 Å². The highest BCUT2D eigenvalue weighted by Crippen LogP contribution is 2.26. The summed E-state index contributed by atoms with van der Waals surface area (Å²) in [6, 6.07) is 17.7. The van der Waals surface area contributed by atoms with Crippen LogP contribution in [0.2, 0.25) is 0 Å². The Labute approximate surface area is 139 Å². The summed E-state index contributed by atoms with van der Waals surface area (Å²) in [7, 11) is 1.59. The minimum absolute atomic E-state index is 0.107. The highest BCUT2D eigenvalue weighted by atomic mass is 16.5. The standard InChI is InChI=1S/C19H16N2O3/c1-24-18-11-8-13-4-2-3-5-16(13)17(18)12-20-21-19(23)14-6-9-15(22)10-7-14/h2-12,22H,1H3,(H,21,23)/b20-12+. The molecule has 0 aliphatic carbocycles. The van der Waals surface area contributed by atoms with Crippen LogP contribution in [0.15, 0.2) is 65.8 Å². The second-order valence-electron chi connectivity index (χ2n) is 5.15. The van der Waals surface area contributed by atoms with Gasteiger partial charge in [0.2, 0.25) is 0 Å². The van der Waals surface area contributed by atoms with Crippen LogP contribution in [0.25, 0.3) is 10.8 Å². The summed E-state index contributed by atoms with van der Waals surface area (Å²) in [4.78, 5) is 12.0. The number of aromatic hydroxyl groups is 1. The van der Waals surface area contributed by atoms with Crippen LogP contribution in [0.3, 0.4) is 0 Å². The van der Waals surface area contributed by atoms with Crippen LogP contribution in [-0.4, -0.2) is 24.3 Å². The van der Waals surface area contributed by atoms with Gasteiger partial charge in [-0.3, -0.25) is 4.79 Å². The Balaban J connectivity index is 1.85. The number of carbonyl (C=O) groups is 1. The molecular weight excluding hydrogens is 304 g/mol. The summed E-state index contributed by atoms with van der Waals surface area (Å²) in [6.07, 6.45) is 1.57. The average Bonchev–Trinajstić information content (AvgIpc) is 2.62. The van der Waals surface area contributed by atoms with Crippen LogP contribution in [0.5, 0.6) is 11.5 Å². The first kappa shape index (κ1) is 15.6. The maximum absolute atomic E-state index is 12.0. The number of nitrogens with one attached hydrogen (secondary N) is 1. The van der Waals surface area contributed by atoms with Crippen LogP contribution in [0.4, 0.5) is 0 Å². The second-order valence-corrected chi connectivity index (χ2v) is 5.15. The number of hydrogen-bond donors (Lipinski definition) is 2. The van der Waals surface area contributed by atoms with Crippen molar-refractivity contribution < 1.29 is 14.6 Å². The average molecular weight is 320 g/mol. The van der Waals surface area contributed by atoms with Crippen molar-refractivity contribution in [2.75, 3.05) is 7.11 Å². The Kier molecular flexibility index (Phi) is 4.43. The monoisotopic (exact) mass is 320 g/mol. The van der Waals surface area contributed by atoms with Gasteiger partial charge in [-0.15, -0.1) is 0 Å². The van der Waals surface area contributed by atoms with Gasteiger partial charge >= 0.3 is 0 Å². The molecule has 120 valence electrons. The smallest absolute Gasteiger partial charge is 0.271 e. The van der Waals surface area contributed by atoms with E-state index in [1.807, 2.05) is 36.4 Å². The molecule has 0 aliphatic rings. The first-order chi connectivity index (χ1) is 11.7. The van der Waals surface area contributed by atoms with Crippen molar-refractivity contribution >= 4 is 22.9 Å². The first-order valence-electron chi connectivity index (χ1n) is 7.37. The predicted octanol–water partition coefficient (Wildman–Crippen LogP) is 3.32. The fraction of sp³-hybridized carbons (Fsp3) is 0.0526. The van der Waals surface area contributed by atoms with E-state index in [1.54, 1.807) is 13.3 Å². The van der Waals surface area contributed by atoms with Crippen molar-refractivity contribution in [3.05, 3.63) is 71.8 Å². The molecule has 0 atom stereocenters. The van der Waals surface area contributed by atoms with Crippen LogP contribution >= 0.6 is 0 Å². The molecule has 0 saturated carbocycles. The quantitative estimate of drug-likeness (QED) is 0.572. The molecule has 0 saturated heterocycles. The minimum atomic E-state index is -0.356. The SMILES string of the molecule is COc1ccc2ccccc2c1/C=N/NC(=O)c1ccc(O)cc1. The third-order valence-electron chi connectivity index (χ3n) is 3.64. The first-order valence-corrected chi connectivity index (χ1v) is 7.37. The number of nitrogens with zero attached hydrogens (tertiary/aromatic N) is 1. The molecule has 0 aliphatic heterocycles. The van der Waals surface area contributed by atoms with E-state index in [1.165, 1.54) is 24.3 Å². The van der Waals surface area contributed by atoms with E-state index >= 15 is 0 Å². The predicted molar refractivity (Wildman–Crippen MR) is 93.7 cm³/mol. The van der Waals surface area contributed by atoms with Crippen LogP contribution in [0.1, 0.15) is 15.9 Å². The molecule has 5 nitrogen and oxygen atoms in total. The molecule has 0 unspecified atom stereocenters. The molecule has 0 bridgehead atoms. The summed E-state index contributed by atoms with van der Waals surface area (Å²) in [6.45, 7) is 0. The van der Waals surface area contributed by atoms with Crippen molar-refractivity contribution in [1.29, 1.82) is 0 Å². The number of amides is 1. The van der Waals surface area contributed by atoms with E-state index in [4.69, 9.17) is 4.74 Å². The molecule has 1 amide bonds. The number of methoxy groups -OCH3 is 1. The zero-order valence-electron chi connectivity index (χ0n) is 13.1. The van der Waals surface area contributed by atoms with E-state index < -0.39 is 0 Å². The fourth-order valence-electron chi connectivity index (χ4n) is 2.42. The molecule has 0 fully saturated rings. The number of phenols is 1. The lowest BCUT2D eigenvalue weighted by Gasteiger charge is -2.08. The fourth-order valence-corrected chi connectivity index (χ4v) is 2.42. The van der Waals surface area contributed by atoms with Crippen molar-refractivity contribution in [1.82, 2.24) is 5.43 Å². The Morgan fingerprint density at radius 2 is 1.83 bits per heavy atom. The highest BCUT2D eigenvalue weighted by Gasteiger charge is 2.07. The van der Waals surface area contributed by atoms with Crippen LogP contribution in [-0.2, 0) is 0 Å². The molecule has 0 aromatic heterocycles. The highest BCUT2D eigenvalue weighted by molar-refractivity contribution is 6.03. The Bertz CT molecular complexity index is 902. The summed E-state index contributed by atoms with van der Waals surface area (Å²) in [5.41, 5.74) is 3.68. The van der Waals surface area contributed by atoms with Gasteiger partial charge in [-0.2, -0.15) is 5.10 Å². The van der Waals surface area contributed by atoms with E-state index in [-0.39, 0.29) is 11.7 Å². The lowest BCUT2D eigenvalue weighted by molar-refractivity contribution is 0.0955. The second kappa shape index (κ2) is 6.83. The Morgan fingerprint density at radius 3 is 2.58 bits per heavy atom. The van der Waals surface area contributed by atoms with Gasteiger partial charge in [-0.1, -0.05) is 30.3 Å². The molecule has 2 N–H and O–H groups in total. The van der Waals surface area contributed by atoms with Crippen molar-refractivity contribution in [2.45, 2.75) is 0 Å². The number of carbonyl (C=O) groups excluding carboxylic acids is 1. The number of benzene rings is 3. The van der Waals surface area contributed by atoms with Crippen molar-refractivity contribution in [2.24, 2.45) is 5.10 Å². The number of phenolic OH excluding ortho intramolecular Hbond substituents is 1. The Morgan fingerprint density at radius 1 is 1.08 bits per heavy atom. The third-order valence-corrected chi connectivity index (χ3v) is 3.64. The van der Waals surface area contributed by atoms with Gasteiger partial charge in [0.15, 0.2) is 0 Å². The lowest BCUT2D eigenvalue weighted by atomic mass is 10.0. The maximum atomic E-state index is 12.0. The molecule has 3 aromatic rings. The van der Waals surface area contributed by atoms with E-state index in [0.717, 1.165) is 16.3 Å². The van der Waals surface area contributed by atoms with E-state index in [2.05, 4.69) is 10.5 Å². The normalized spacial score (nSPS) is 10.9. The van der Waals surface area contributed by atoms with Crippen LogP contribution in [0, 0.1) is 0 Å². The number of hydrogen-bond acceptors (Lipinski definition) is 4. The zero-order valence-corrected chi connectivity index (χ0v) is 13.1. The summed E-state index contributed by atoms with van der Waals surface area (Å²) in [5.74, 6) is 0.428. The summed E-state index contributed by atoms with van der Waals surface area (Å²) >= 11 is 0. The van der Waals surface area contributed by atoms with Gasteiger partial charge in [0.25, 0.3) is 5.91 Å². The van der Waals surface area contributed by atoms with E-state index in [9.17, 15) is 9.90 Å². The van der Waals surface area contributed by atoms with Gasteiger partial charge in [0.1, 0.15) is 11.5 Å². The van der Waals surface area contributed by atoms with E-state index in [0.29, 0.717) is 11.3 Å². The number of fused-ring (bicyclic) bond motifs is 1. The van der Waals surface area contributed by atoms with Crippen molar-refractivity contribution in [3.63, 3.8) is 0 Å². The molecule has 0 radical (unpaired) electrons. The van der Waals surface area contributed by atoms with Crippen LogP contribution < -0.4 is 10.2 Å². The van der Waals surface area contributed by atoms with Gasteiger partial charge in [-0.05, 0) is 41.1 Å². The minimum Gasteiger partial charge on any atom is -0.508 e. The Hall–Kier alpha value is -3.34. The molecule has 0 heterocycles. The topological polar surface area (TPSA) is 70.9 Å². The molecular formula is C19H16N2O3. The summed E-state index contributed by atoms with van der Waals surface area (Å²) < 4.78 is 5.38. The number of ether oxygens (including phenoxy) is 1. The molecule has 3 aromatic carbocycles. The third kappa shape index (κ3) is 3.20.